The fourth-order valence-corrected chi connectivity index (χ4v) is 2.81. The molecular formula is C12H16BrNO2. The highest BCUT2D eigenvalue weighted by molar-refractivity contribution is 9.10. The Labute approximate surface area is 104 Å². The summed E-state index contributed by atoms with van der Waals surface area (Å²) in [6, 6.07) is 1.77. The second-order valence-corrected chi connectivity index (χ2v) is 5.14. The fraction of sp³-hybridized carbons (Fsp3) is 0.583. The first kappa shape index (κ1) is 11.9. The van der Waals surface area contributed by atoms with Gasteiger partial charge in [-0.2, -0.15) is 0 Å². The molecule has 0 saturated carbocycles. The van der Waals surface area contributed by atoms with Gasteiger partial charge in [0.25, 0.3) is 0 Å². The van der Waals surface area contributed by atoms with Crippen molar-refractivity contribution in [3.8, 4) is 0 Å². The van der Waals surface area contributed by atoms with E-state index >= 15 is 0 Å². The Morgan fingerprint density at radius 3 is 3.00 bits per heavy atom. The van der Waals surface area contributed by atoms with Crippen LogP contribution >= 0.6 is 15.9 Å². The minimum Gasteiger partial charge on any atom is -0.460 e. The highest BCUT2D eigenvalue weighted by atomic mass is 79.9. The quantitative estimate of drug-likeness (QED) is 0.865. The lowest BCUT2D eigenvalue weighted by Gasteiger charge is -2.26. The smallest absolute Gasteiger partial charge is 0.219 e. The molecule has 1 saturated heterocycles. The minimum absolute atomic E-state index is 0.0868. The molecule has 0 aliphatic carbocycles. The fourth-order valence-electron chi connectivity index (χ4n) is 2.43. The summed E-state index contributed by atoms with van der Waals surface area (Å²) >= 11 is 3.35. The zero-order chi connectivity index (χ0) is 11.6. The van der Waals surface area contributed by atoms with Crippen molar-refractivity contribution < 1.29 is 9.21 Å². The molecule has 0 radical (unpaired) electrons. The van der Waals surface area contributed by atoms with E-state index in [1.165, 1.54) is 0 Å². The van der Waals surface area contributed by atoms with Crippen LogP contribution in [0.3, 0.4) is 0 Å². The van der Waals surface area contributed by atoms with Gasteiger partial charge in [0.2, 0.25) is 5.78 Å². The van der Waals surface area contributed by atoms with Gasteiger partial charge in [-0.3, -0.25) is 4.79 Å². The second-order valence-electron chi connectivity index (χ2n) is 4.29. The van der Waals surface area contributed by atoms with E-state index < -0.39 is 5.54 Å². The van der Waals surface area contributed by atoms with Crippen molar-refractivity contribution >= 4 is 21.7 Å². The van der Waals surface area contributed by atoms with Gasteiger partial charge in [-0.1, -0.05) is 13.3 Å². The molecule has 16 heavy (non-hydrogen) atoms. The highest BCUT2D eigenvalue weighted by Crippen LogP contribution is 2.31. The van der Waals surface area contributed by atoms with Gasteiger partial charge < -0.3 is 9.73 Å². The van der Waals surface area contributed by atoms with Crippen LogP contribution in [0.5, 0.6) is 0 Å². The maximum atomic E-state index is 12.5. The lowest BCUT2D eigenvalue weighted by atomic mass is 9.86. The molecule has 88 valence electrons. The Morgan fingerprint density at radius 1 is 1.69 bits per heavy atom. The molecule has 1 N–H and O–H groups in total. The van der Waals surface area contributed by atoms with Crippen LogP contribution in [-0.4, -0.2) is 17.9 Å². The van der Waals surface area contributed by atoms with Crippen LogP contribution in [0.2, 0.25) is 0 Å². The number of halogens is 1. The number of carbonyl (C=O) groups is 1. The van der Waals surface area contributed by atoms with Crippen molar-refractivity contribution in [1.82, 2.24) is 5.32 Å². The van der Waals surface area contributed by atoms with E-state index in [-0.39, 0.29) is 5.78 Å². The first-order valence-corrected chi connectivity index (χ1v) is 6.52. The third-order valence-electron chi connectivity index (χ3n) is 3.18. The van der Waals surface area contributed by atoms with Gasteiger partial charge in [-0.25, -0.2) is 0 Å². The number of hydrogen-bond donors (Lipinski definition) is 1. The van der Waals surface area contributed by atoms with Gasteiger partial charge in [0.1, 0.15) is 0 Å². The summed E-state index contributed by atoms with van der Waals surface area (Å²) in [5.74, 6) is 0.534. The molecule has 1 fully saturated rings. The van der Waals surface area contributed by atoms with E-state index in [1.807, 2.05) is 0 Å². The number of Topliss-reactive ketones (excluding diaryl/α,β-unsaturated/α-hetero) is 1. The van der Waals surface area contributed by atoms with Crippen LogP contribution in [0, 0.1) is 0 Å². The molecule has 4 heteroatoms. The molecule has 1 unspecified atom stereocenters. The molecular weight excluding hydrogens is 270 g/mol. The third kappa shape index (κ3) is 1.96. The van der Waals surface area contributed by atoms with Gasteiger partial charge in [0.05, 0.1) is 16.3 Å². The van der Waals surface area contributed by atoms with E-state index in [2.05, 4.69) is 28.2 Å². The monoisotopic (exact) mass is 285 g/mol. The van der Waals surface area contributed by atoms with Crippen LogP contribution in [-0.2, 0) is 0 Å². The van der Waals surface area contributed by atoms with Gasteiger partial charge in [0.15, 0.2) is 5.76 Å². The van der Waals surface area contributed by atoms with Crippen LogP contribution in [0.1, 0.15) is 43.2 Å². The summed E-state index contributed by atoms with van der Waals surface area (Å²) in [7, 11) is 0. The molecule has 1 aromatic rings. The molecule has 0 aromatic carbocycles. The predicted molar refractivity (Wildman–Crippen MR) is 65.6 cm³/mol. The van der Waals surface area contributed by atoms with Gasteiger partial charge >= 0.3 is 0 Å². The van der Waals surface area contributed by atoms with Gasteiger partial charge in [-0.05, 0) is 47.8 Å². The van der Waals surface area contributed by atoms with E-state index in [4.69, 9.17) is 4.42 Å². The first-order valence-electron chi connectivity index (χ1n) is 5.72. The summed E-state index contributed by atoms with van der Waals surface area (Å²) in [6.45, 7) is 3.02. The molecule has 2 rings (SSSR count). The number of furan rings is 1. The van der Waals surface area contributed by atoms with Crippen LogP contribution < -0.4 is 5.32 Å². The Kier molecular flexibility index (Phi) is 3.50. The standard InChI is InChI=1S/C12H16BrNO2/c1-2-5-12(6-3-7-14-12)11(15)10-9(13)4-8-16-10/h4,8,14H,2-3,5-7H2,1H3. The molecule has 2 heterocycles. The normalized spacial score (nSPS) is 24.9. The van der Waals surface area contributed by atoms with E-state index in [0.717, 1.165) is 36.7 Å². The summed E-state index contributed by atoms with van der Waals surface area (Å²) in [5.41, 5.74) is -0.394. The first-order chi connectivity index (χ1) is 7.69. The average molecular weight is 286 g/mol. The maximum absolute atomic E-state index is 12.5. The number of ketones is 1. The van der Waals surface area contributed by atoms with Crippen molar-refractivity contribution in [2.45, 2.75) is 38.1 Å². The lowest BCUT2D eigenvalue weighted by molar-refractivity contribution is 0.0827. The van der Waals surface area contributed by atoms with E-state index in [1.54, 1.807) is 12.3 Å². The summed E-state index contributed by atoms with van der Waals surface area (Å²) in [4.78, 5) is 12.5. The summed E-state index contributed by atoms with van der Waals surface area (Å²) in [6.07, 6.45) is 5.39. The largest absolute Gasteiger partial charge is 0.460 e. The Balaban J connectivity index is 2.27. The summed E-state index contributed by atoms with van der Waals surface area (Å²) < 4.78 is 6.02. The van der Waals surface area contributed by atoms with Crippen molar-refractivity contribution in [3.63, 3.8) is 0 Å². The van der Waals surface area contributed by atoms with Gasteiger partial charge in [-0.15, -0.1) is 0 Å². The zero-order valence-electron chi connectivity index (χ0n) is 9.38. The topological polar surface area (TPSA) is 42.2 Å². The molecule has 1 aliphatic rings. The third-order valence-corrected chi connectivity index (χ3v) is 3.80. The number of nitrogens with one attached hydrogen (secondary N) is 1. The average Bonchev–Trinajstić information content (AvgIpc) is 2.87. The molecule has 0 bridgehead atoms. The maximum Gasteiger partial charge on any atom is 0.219 e. The number of carbonyl (C=O) groups excluding carboxylic acids is 1. The van der Waals surface area contributed by atoms with Crippen molar-refractivity contribution in [1.29, 1.82) is 0 Å². The molecule has 0 amide bonds. The number of rotatable bonds is 4. The second kappa shape index (κ2) is 4.72. The zero-order valence-corrected chi connectivity index (χ0v) is 11.0. The molecule has 1 aliphatic heterocycles. The van der Waals surface area contributed by atoms with Crippen molar-refractivity contribution in [2.24, 2.45) is 0 Å². The predicted octanol–water partition coefficient (Wildman–Crippen LogP) is 3.15. The van der Waals surface area contributed by atoms with Crippen molar-refractivity contribution in [3.05, 3.63) is 22.6 Å². The minimum atomic E-state index is -0.394. The Hall–Kier alpha value is -0.610. The Morgan fingerprint density at radius 2 is 2.50 bits per heavy atom. The molecule has 1 aromatic heterocycles. The lowest BCUT2D eigenvalue weighted by Crippen LogP contribution is -2.47. The SMILES string of the molecule is CCCC1(C(=O)c2occc2Br)CCCN1. The number of hydrogen-bond acceptors (Lipinski definition) is 3. The van der Waals surface area contributed by atoms with Crippen LogP contribution in [0.15, 0.2) is 21.2 Å². The van der Waals surface area contributed by atoms with Crippen LogP contribution in [0.25, 0.3) is 0 Å². The molecule has 3 nitrogen and oxygen atoms in total. The summed E-state index contributed by atoms with van der Waals surface area (Å²) in [5, 5.41) is 3.36. The van der Waals surface area contributed by atoms with E-state index in [9.17, 15) is 4.79 Å². The Bertz CT molecular complexity index is 380. The molecule has 0 spiro atoms. The van der Waals surface area contributed by atoms with Crippen LogP contribution in [0.4, 0.5) is 0 Å². The van der Waals surface area contributed by atoms with Gasteiger partial charge in [0, 0.05) is 0 Å². The van der Waals surface area contributed by atoms with Crippen molar-refractivity contribution in [2.75, 3.05) is 6.54 Å². The molecule has 1 atom stereocenters. The van der Waals surface area contributed by atoms with E-state index in [0.29, 0.717) is 5.76 Å². The highest BCUT2D eigenvalue weighted by Gasteiger charge is 2.42.